The topological polar surface area (TPSA) is 81.8 Å². The Morgan fingerprint density at radius 1 is 1.08 bits per heavy atom. The van der Waals surface area contributed by atoms with Crippen LogP contribution < -0.4 is 15.6 Å². The molecule has 2 N–H and O–H groups in total. The van der Waals surface area contributed by atoms with Crippen molar-refractivity contribution in [2.24, 2.45) is 0 Å². The van der Waals surface area contributed by atoms with Crippen LogP contribution in [0.3, 0.4) is 0 Å². The van der Waals surface area contributed by atoms with Crippen LogP contribution in [0.25, 0.3) is 0 Å². The van der Waals surface area contributed by atoms with Crippen molar-refractivity contribution in [2.75, 3.05) is 10.2 Å². The van der Waals surface area contributed by atoms with E-state index in [9.17, 15) is 18.8 Å². The van der Waals surface area contributed by atoms with Crippen LogP contribution in [-0.4, -0.2) is 33.9 Å². The van der Waals surface area contributed by atoms with Crippen molar-refractivity contribution < 1.29 is 18.8 Å². The molecule has 0 spiro atoms. The van der Waals surface area contributed by atoms with Crippen molar-refractivity contribution >= 4 is 74.0 Å². The molecule has 36 heavy (non-hydrogen) atoms. The minimum Gasteiger partial charge on any atom is -0.326 e. The van der Waals surface area contributed by atoms with E-state index in [4.69, 9.17) is 23.8 Å². The van der Waals surface area contributed by atoms with Crippen molar-refractivity contribution in [3.8, 4) is 0 Å². The molecule has 0 aliphatic carbocycles. The minimum absolute atomic E-state index is 0.0479. The number of hydrogen-bond donors (Lipinski definition) is 2. The minimum atomic E-state index is -1.14. The molecule has 1 fully saturated rings. The molecule has 4 rings (SSSR count). The number of thiocarbonyl (C=S) groups is 1. The molecule has 1 atom stereocenters. The first-order valence-corrected chi connectivity index (χ1v) is 12.3. The molecule has 3 aromatic carbocycles. The number of hydrazine groups is 1. The Hall–Kier alpha value is -3.34. The van der Waals surface area contributed by atoms with E-state index in [-0.39, 0.29) is 11.5 Å². The van der Waals surface area contributed by atoms with Gasteiger partial charge in [0, 0.05) is 20.7 Å². The summed E-state index contributed by atoms with van der Waals surface area (Å²) in [6.45, 7) is 1.84. The summed E-state index contributed by atoms with van der Waals surface area (Å²) in [4.78, 5) is 40.4. The predicted molar refractivity (Wildman–Crippen MR) is 143 cm³/mol. The number of amides is 3. The van der Waals surface area contributed by atoms with Gasteiger partial charge >= 0.3 is 0 Å². The Labute approximate surface area is 225 Å². The first kappa shape index (κ1) is 25.7. The third-order valence-corrected chi connectivity index (χ3v) is 6.78. The van der Waals surface area contributed by atoms with Gasteiger partial charge in [-0.2, -0.15) is 0 Å². The van der Waals surface area contributed by atoms with Crippen LogP contribution in [0, 0.1) is 12.7 Å². The van der Waals surface area contributed by atoms with E-state index in [0.29, 0.717) is 22.0 Å². The van der Waals surface area contributed by atoms with E-state index >= 15 is 0 Å². The first-order valence-electron chi connectivity index (χ1n) is 10.7. The van der Waals surface area contributed by atoms with Crippen molar-refractivity contribution in [3.05, 3.63) is 93.2 Å². The lowest BCUT2D eigenvalue weighted by Crippen LogP contribution is -2.49. The first-order chi connectivity index (χ1) is 17.1. The second-order valence-corrected chi connectivity index (χ2v) is 9.67. The standard InChI is InChI=1S/C25H19BrClFN4O3S/c1-14-2-9-18(12-20(14)27)29-22(33)13-21-24(35)31(19-10-7-17(28)8-11-19)25(36)32(21)30-23(34)15-3-5-16(26)6-4-15/h2-12,21H,13H2,1H3,(H,29,33)(H,30,34). The van der Waals surface area contributed by atoms with Crippen molar-refractivity contribution in [3.63, 3.8) is 0 Å². The number of nitrogens with one attached hydrogen (secondary N) is 2. The summed E-state index contributed by atoms with van der Waals surface area (Å²) in [7, 11) is 0. The highest BCUT2D eigenvalue weighted by Crippen LogP contribution is 2.27. The molecule has 1 unspecified atom stereocenters. The summed E-state index contributed by atoms with van der Waals surface area (Å²) in [5.74, 6) is -2.03. The lowest BCUT2D eigenvalue weighted by atomic mass is 10.1. The summed E-state index contributed by atoms with van der Waals surface area (Å²) in [6, 6.07) is 15.7. The van der Waals surface area contributed by atoms with E-state index in [1.54, 1.807) is 42.5 Å². The van der Waals surface area contributed by atoms with E-state index < -0.39 is 29.6 Å². The van der Waals surface area contributed by atoms with Crippen LogP contribution >= 0.6 is 39.7 Å². The van der Waals surface area contributed by atoms with Gasteiger partial charge in [-0.25, -0.2) is 9.40 Å². The molecule has 1 saturated heterocycles. The van der Waals surface area contributed by atoms with E-state index in [1.165, 1.54) is 29.3 Å². The number of benzene rings is 3. The molecule has 1 aliphatic rings. The second kappa shape index (κ2) is 10.7. The van der Waals surface area contributed by atoms with Crippen molar-refractivity contribution in [1.82, 2.24) is 10.4 Å². The number of hydrogen-bond acceptors (Lipinski definition) is 4. The highest BCUT2D eigenvalue weighted by atomic mass is 79.9. The Kier molecular flexibility index (Phi) is 7.67. The maximum absolute atomic E-state index is 13.5. The van der Waals surface area contributed by atoms with Crippen LogP contribution in [0.15, 0.2) is 71.2 Å². The smallest absolute Gasteiger partial charge is 0.269 e. The quantitative estimate of drug-likeness (QED) is 0.385. The summed E-state index contributed by atoms with van der Waals surface area (Å²) in [5.41, 5.74) is 4.59. The van der Waals surface area contributed by atoms with Crippen LogP contribution in [-0.2, 0) is 9.59 Å². The molecule has 184 valence electrons. The summed E-state index contributed by atoms with van der Waals surface area (Å²) in [5, 5.41) is 4.34. The highest BCUT2D eigenvalue weighted by molar-refractivity contribution is 9.10. The molecular weight excluding hydrogens is 571 g/mol. The molecule has 0 bridgehead atoms. The van der Waals surface area contributed by atoms with Gasteiger partial charge in [0.1, 0.15) is 11.9 Å². The third-order valence-electron chi connectivity index (χ3n) is 5.46. The normalized spacial score (nSPS) is 15.3. The monoisotopic (exact) mass is 588 g/mol. The molecule has 0 saturated carbocycles. The molecule has 1 aliphatic heterocycles. The fourth-order valence-corrected chi connectivity index (χ4v) is 4.37. The SMILES string of the molecule is Cc1ccc(NC(=O)CC2C(=O)N(c3ccc(F)cc3)C(=S)N2NC(=O)c2ccc(Br)cc2)cc1Cl. The molecule has 3 amide bonds. The van der Waals surface area contributed by atoms with Gasteiger partial charge in [-0.1, -0.05) is 33.6 Å². The van der Waals surface area contributed by atoms with Gasteiger partial charge in [0.05, 0.1) is 12.1 Å². The summed E-state index contributed by atoms with van der Waals surface area (Å²) >= 11 is 15.0. The van der Waals surface area contributed by atoms with Gasteiger partial charge in [0.15, 0.2) is 0 Å². The Morgan fingerprint density at radius 2 is 1.75 bits per heavy atom. The van der Waals surface area contributed by atoms with Crippen LogP contribution in [0.2, 0.25) is 5.02 Å². The number of halogens is 3. The number of rotatable bonds is 6. The van der Waals surface area contributed by atoms with E-state index in [0.717, 1.165) is 14.9 Å². The number of nitrogens with zero attached hydrogens (tertiary/aromatic N) is 2. The molecule has 0 radical (unpaired) electrons. The number of anilines is 2. The lowest BCUT2D eigenvalue weighted by molar-refractivity contribution is -0.124. The van der Waals surface area contributed by atoms with E-state index in [1.807, 2.05) is 6.92 Å². The average Bonchev–Trinajstić information content (AvgIpc) is 3.06. The summed E-state index contributed by atoms with van der Waals surface area (Å²) < 4.78 is 14.3. The van der Waals surface area contributed by atoms with Crippen LogP contribution in [0.1, 0.15) is 22.3 Å². The van der Waals surface area contributed by atoms with Gasteiger partial charge < -0.3 is 5.32 Å². The van der Waals surface area contributed by atoms with Crippen molar-refractivity contribution in [2.45, 2.75) is 19.4 Å². The van der Waals surface area contributed by atoms with Gasteiger partial charge in [0.2, 0.25) is 11.0 Å². The van der Waals surface area contributed by atoms with Gasteiger partial charge in [0.25, 0.3) is 11.8 Å². The van der Waals surface area contributed by atoms with Gasteiger partial charge in [-0.3, -0.25) is 24.7 Å². The maximum Gasteiger partial charge on any atom is 0.269 e. The molecule has 7 nitrogen and oxygen atoms in total. The third kappa shape index (κ3) is 5.56. The largest absolute Gasteiger partial charge is 0.326 e. The zero-order chi connectivity index (χ0) is 26.0. The van der Waals surface area contributed by atoms with Crippen LogP contribution in [0.4, 0.5) is 15.8 Å². The Morgan fingerprint density at radius 3 is 2.39 bits per heavy atom. The molecular formula is C25H19BrClFN4O3S. The molecule has 11 heteroatoms. The molecule has 1 heterocycles. The van der Waals surface area contributed by atoms with Crippen molar-refractivity contribution in [1.29, 1.82) is 0 Å². The fraction of sp³-hybridized carbons (Fsp3) is 0.120. The number of carbonyl (C=O) groups is 3. The average molecular weight is 590 g/mol. The predicted octanol–water partition coefficient (Wildman–Crippen LogP) is 5.23. The fourth-order valence-electron chi connectivity index (χ4n) is 3.56. The van der Waals surface area contributed by atoms with Crippen LogP contribution in [0.5, 0.6) is 0 Å². The Balaban J connectivity index is 1.60. The van der Waals surface area contributed by atoms with Gasteiger partial charge in [-0.15, -0.1) is 0 Å². The second-order valence-electron chi connectivity index (χ2n) is 7.98. The van der Waals surface area contributed by atoms with E-state index in [2.05, 4.69) is 26.7 Å². The lowest BCUT2D eigenvalue weighted by Gasteiger charge is -2.24. The number of carbonyl (C=O) groups excluding carboxylic acids is 3. The number of aryl methyl sites for hydroxylation is 1. The molecule has 0 aromatic heterocycles. The van der Waals surface area contributed by atoms with Gasteiger partial charge in [-0.05, 0) is 85.4 Å². The summed E-state index contributed by atoms with van der Waals surface area (Å²) in [6.07, 6.45) is -0.317. The molecule has 3 aromatic rings. The zero-order valence-corrected chi connectivity index (χ0v) is 22.0. The highest BCUT2D eigenvalue weighted by Gasteiger charge is 2.45. The zero-order valence-electron chi connectivity index (χ0n) is 18.8. The maximum atomic E-state index is 13.5. The Bertz CT molecular complexity index is 1350.